The second-order valence-electron chi connectivity index (χ2n) is 6.72. The van der Waals surface area contributed by atoms with Crippen molar-refractivity contribution in [2.24, 2.45) is 0 Å². The number of methoxy groups -OCH3 is 1. The predicted molar refractivity (Wildman–Crippen MR) is 105 cm³/mol. The number of hydrogen-bond donors (Lipinski definition) is 1. The van der Waals surface area contributed by atoms with Crippen LogP contribution in [0.2, 0.25) is 5.02 Å². The van der Waals surface area contributed by atoms with Crippen molar-refractivity contribution in [3.05, 3.63) is 64.4 Å². The zero-order valence-electron chi connectivity index (χ0n) is 15.4. The Bertz CT molecular complexity index is 756. The third kappa shape index (κ3) is 4.99. The maximum Gasteiger partial charge on any atom is 0.224 e. The van der Waals surface area contributed by atoms with Crippen molar-refractivity contribution >= 4 is 17.5 Å². The first-order chi connectivity index (χ1) is 13.1. The first-order valence-electron chi connectivity index (χ1n) is 9.16. The smallest absolute Gasteiger partial charge is 0.224 e. The average molecular weight is 391 g/mol. The Labute approximate surface area is 164 Å². The van der Waals surface area contributed by atoms with Crippen LogP contribution in [0.3, 0.4) is 0 Å². The molecule has 0 aromatic heterocycles. The van der Waals surface area contributed by atoms with Crippen LogP contribution >= 0.6 is 11.6 Å². The van der Waals surface area contributed by atoms with Gasteiger partial charge in [-0.05, 0) is 55.8 Å². The number of nitrogens with zero attached hydrogens (tertiary/aromatic N) is 1. The number of amides is 1. The minimum absolute atomic E-state index is 0.100. The Balaban J connectivity index is 1.68. The molecule has 1 aliphatic rings. The van der Waals surface area contributed by atoms with Crippen LogP contribution in [0.4, 0.5) is 4.39 Å². The highest BCUT2D eigenvalue weighted by Gasteiger charge is 2.28. The fourth-order valence-electron chi connectivity index (χ4n) is 3.50. The van der Waals surface area contributed by atoms with E-state index in [1.165, 1.54) is 6.07 Å². The molecule has 1 amide bonds. The second-order valence-corrected chi connectivity index (χ2v) is 7.13. The van der Waals surface area contributed by atoms with Crippen molar-refractivity contribution in [1.29, 1.82) is 0 Å². The lowest BCUT2D eigenvalue weighted by molar-refractivity contribution is -0.120. The zero-order chi connectivity index (χ0) is 19.2. The number of rotatable bonds is 7. The second kappa shape index (κ2) is 9.20. The van der Waals surface area contributed by atoms with Crippen LogP contribution in [0.1, 0.15) is 30.0 Å². The molecule has 1 atom stereocenters. The number of halogens is 2. The molecule has 1 fully saturated rings. The lowest BCUT2D eigenvalue weighted by Crippen LogP contribution is -2.38. The van der Waals surface area contributed by atoms with Crippen LogP contribution in [0.15, 0.2) is 42.5 Å². The number of carbonyl (C=O) groups is 1. The van der Waals surface area contributed by atoms with Crippen molar-refractivity contribution in [2.75, 3.05) is 26.7 Å². The van der Waals surface area contributed by atoms with Gasteiger partial charge in [0.25, 0.3) is 0 Å². The summed E-state index contributed by atoms with van der Waals surface area (Å²) in [6, 6.07) is 11.8. The van der Waals surface area contributed by atoms with Crippen molar-refractivity contribution in [1.82, 2.24) is 10.2 Å². The van der Waals surface area contributed by atoms with Crippen LogP contribution in [-0.2, 0) is 11.2 Å². The third-order valence-electron chi connectivity index (χ3n) is 4.93. The van der Waals surface area contributed by atoms with Gasteiger partial charge >= 0.3 is 0 Å². The summed E-state index contributed by atoms with van der Waals surface area (Å²) in [6.07, 6.45) is 2.41. The molecular formula is C21H24ClFN2O2. The molecule has 0 saturated carbocycles. The monoisotopic (exact) mass is 390 g/mol. The van der Waals surface area contributed by atoms with E-state index in [9.17, 15) is 9.18 Å². The molecule has 2 aromatic carbocycles. The molecule has 0 bridgehead atoms. The molecule has 1 unspecified atom stereocenters. The van der Waals surface area contributed by atoms with Gasteiger partial charge in [-0.3, -0.25) is 9.69 Å². The normalized spacial score (nSPS) is 15.5. The first kappa shape index (κ1) is 19.6. The molecule has 144 valence electrons. The molecular weight excluding hydrogens is 367 g/mol. The molecule has 2 aromatic rings. The van der Waals surface area contributed by atoms with E-state index in [-0.39, 0.29) is 24.2 Å². The minimum Gasteiger partial charge on any atom is -0.497 e. The summed E-state index contributed by atoms with van der Waals surface area (Å²) in [7, 11) is 1.61. The highest BCUT2D eigenvalue weighted by atomic mass is 35.5. The van der Waals surface area contributed by atoms with Crippen molar-refractivity contribution in [2.45, 2.75) is 25.3 Å². The van der Waals surface area contributed by atoms with E-state index in [1.807, 2.05) is 24.3 Å². The fraction of sp³-hybridized carbons (Fsp3) is 0.381. The summed E-state index contributed by atoms with van der Waals surface area (Å²) >= 11 is 6.29. The molecule has 4 nitrogen and oxygen atoms in total. The molecule has 3 rings (SSSR count). The fourth-order valence-corrected chi connectivity index (χ4v) is 3.79. The number of nitrogens with one attached hydrogen (secondary N) is 1. The standard InChI is InChI=1S/C21H24ClFN2O2/c1-27-16-9-7-15(8-10-16)13-20(26)24-14-19(25-11-2-3-12-25)21-17(22)5-4-6-18(21)23/h4-10,19H,2-3,11-14H2,1H3,(H,24,26). The van der Waals surface area contributed by atoms with Crippen LogP contribution in [-0.4, -0.2) is 37.6 Å². The van der Waals surface area contributed by atoms with E-state index in [2.05, 4.69) is 10.2 Å². The maximum atomic E-state index is 14.5. The molecule has 1 saturated heterocycles. The number of benzene rings is 2. The topological polar surface area (TPSA) is 41.6 Å². The number of likely N-dealkylation sites (tertiary alicyclic amines) is 1. The quantitative estimate of drug-likeness (QED) is 0.777. The Morgan fingerprint density at radius 3 is 2.56 bits per heavy atom. The summed E-state index contributed by atoms with van der Waals surface area (Å²) < 4.78 is 19.6. The van der Waals surface area contributed by atoms with Crippen LogP contribution < -0.4 is 10.1 Å². The molecule has 0 aliphatic carbocycles. The SMILES string of the molecule is COc1ccc(CC(=O)NCC(c2c(F)cccc2Cl)N2CCCC2)cc1. The molecule has 1 aliphatic heterocycles. The lowest BCUT2D eigenvalue weighted by atomic mass is 10.0. The number of hydrogen-bond acceptors (Lipinski definition) is 3. The largest absolute Gasteiger partial charge is 0.497 e. The molecule has 27 heavy (non-hydrogen) atoms. The molecule has 1 heterocycles. The van der Waals surface area contributed by atoms with Gasteiger partial charge in [0.05, 0.1) is 19.6 Å². The highest BCUT2D eigenvalue weighted by molar-refractivity contribution is 6.31. The Morgan fingerprint density at radius 2 is 1.93 bits per heavy atom. The Kier molecular flexibility index (Phi) is 6.69. The lowest BCUT2D eigenvalue weighted by Gasteiger charge is -2.29. The van der Waals surface area contributed by atoms with Gasteiger partial charge in [0.1, 0.15) is 11.6 Å². The maximum absolute atomic E-state index is 14.5. The highest BCUT2D eigenvalue weighted by Crippen LogP contribution is 2.32. The predicted octanol–water partition coefficient (Wildman–Crippen LogP) is 3.98. The van der Waals surface area contributed by atoms with Gasteiger partial charge in [-0.2, -0.15) is 0 Å². The summed E-state index contributed by atoms with van der Waals surface area (Å²) in [5.41, 5.74) is 1.36. The van der Waals surface area contributed by atoms with E-state index < -0.39 is 0 Å². The first-order valence-corrected chi connectivity index (χ1v) is 9.54. The van der Waals surface area contributed by atoms with Gasteiger partial charge in [0.2, 0.25) is 5.91 Å². The molecule has 1 N–H and O–H groups in total. The van der Waals surface area contributed by atoms with Gasteiger partial charge in [-0.25, -0.2) is 4.39 Å². The molecule has 0 spiro atoms. The zero-order valence-corrected chi connectivity index (χ0v) is 16.1. The summed E-state index contributed by atoms with van der Waals surface area (Å²) in [4.78, 5) is 14.6. The van der Waals surface area contributed by atoms with Gasteiger partial charge < -0.3 is 10.1 Å². The third-order valence-corrected chi connectivity index (χ3v) is 5.26. The van der Waals surface area contributed by atoms with Crippen LogP contribution in [0, 0.1) is 5.82 Å². The Hall–Kier alpha value is -2.11. The van der Waals surface area contributed by atoms with E-state index in [4.69, 9.17) is 16.3 Å². The van der Waals surface area contributed by atoms with Crippen LogP contribution in [0.25, 0.3) is 0 Å². The summed E-state index contributed by atoms with van der Waals surface area (Å²) in [5, 5.41) is 3.35. The molecule has 0 radical (unpaired) electrons. The van der Waals surface area contributed by atoms with E-state index >= 15 is 0 Å². The van der Waals surface area contributed by atoms with Gasteiger partial charge in [0, 0.05) is 17.1 Å². The van der Waals surface area contributed by atoms with Crippen molar-refractivity contribution in [3.8, 4) is 5.75 Å². The number of ether oxygens (including phenoxy) is 1. The van der Waals surface area contributed by atoms with Crippen molar-refractivity contribution < 1.29 is 13.9 Å². The summed E-state index contributed by atoms with van der Waals surface area (Å²) in [6.45, 7) is 2.09. The number of carbonyl (C=O) groups excluding carboxylic acids is 1. The summed E-state index contributed by atoms with van der Waals surface area (Å²) in [5.74, 6) is 0.322. The van der Waals surface area contributed by atoms with E-state index in [0.29, 0.717) is 17.1 Å². The molecule has 6 heteroatoms. The average Bonchev–Trinajstić information content (AvgIpc) is 3.19. The van der Waals surface area contributed by atoms with Crippen molar-refractivity contribution in [3.63, 3.8) is 0 Å². The van der Waals surface area contributed by atoms with E-state index in [1.54, 1.807) is 19.2 Å². The van der Waals surface area contributed by atoms with Gasteiger partial charge in [0.15, 0.2) is 0 Å². The van der Waals surface area contributed by atoms with Crippen LogP contribution in [0.5, 0.6) is 5.75 Å². The Morgan fingerprint density at radius 1 is 1.22 bits per heavy atom. The van der Waals surface area contributed by atoms with Gasteiger partial charge in [-0.1, -0.05) is 29.8 Å². The van der Waals surface area contributed by atoms with Gasteiger partial charge in [-0.15, -0.1) is 0 Å². The van der Waals surface area contributed by atoms with E-state index in [0.717, 1.165) is 37.2 Å². The minimum atomic E-state index is -0.330.